The van der Waals surface area contributed by atoms with Crippen molar-refractivity contribution >= 4 is 34.9 Å². The maximum Gasteiger partial charge on any atom is 0.450 e. The number of ketones is 1. The summed E-state index contributed by atoms with van der Waals surface area (Å²) < 4.78 is 43.4. The number of rotatable bonds is 5. The Balaban J connectivity index is 2.00. The molecule has 0 saturated carbocycles. The van der Waals surface area contributed by atoms with Crippen LogP contribution in [0.5, 0.6) is 0 Å². The number of carbonyl (C=O) groups is 2. The van der Waals surface area contributed by atoms with Crippen molar-refractivity contribution in [2.75, 3.05) is 30.3 Å². The standard InChI is InChI=1S/C19H25ClF3N3O3/c1-18(2,3)29-17(28)25-9-8-24-15-12-5-4-11(16(27)19(21,22)23)10-26-14(12)7-6-13(15)20/h6-7,11,24,26H,4-5,8-10H2,1-3H3,(H,25,28). The van der Waals surface area contributed by atoms with E-state index in [1.165, 1.54) is 0 Å². The van der Waals surface area contributed by atoms with Gasteiger partial charge in [-0.05, 0) is 51.3 Å². The topological polar surface area (TPSA) is 79.5 Å². The lowest BCUT2D eigenvalue weighted by atomic mass is 9.96. The molecule has 0 bridgehead atoms. The van der Waals surface area contributed by atoms with Crippen LogP contribution < -0.4 is 16.0 Å². The summed E-state index contributed by atoms with van der Waals surface area (Å²) in [6, 6.07) is 3.31. The first-order chi connectivity index (χ1) is 13.4. The van der Waals surface area contributed by atoms with Crippen LogP contribution in [0.4, 0.5) is 29.3 Å². The minimum Gasteiger partial charge on any atom is -0.444 e. The van der Waals surface area contributed by atoms with Gasteiger partial charge in [0.1, 0.15) is 5.60 Å². The summed E-state index contributed by atoms with van der Waals surface area (Å²) in [4.78, 5) is 23.3. The van der Waals surface area contributed by atoms with Crippen LogP contribution in [-0.4, -0.2) is 43.3 Å². The van der Waals surface area contributed by atoms with Crippen molar-refractivity contribution in [2.24, 2.45) is 5.92 Å². The third-order valence-corrected chi connectivity index (χ3v) is 4.60. The summed E-state index contributed by atoms with van der Waals surface area (Å²) in [7, 11) is 0. The molecule has 0 aliphatic carbocycles. The first-order valence-corrected chi connectivity index (χ1v) is 9.63. The highest BCUT2D eigenvalue weighted by molar-refractivity contribution is 6.33. The number of amides is 1. The molecule has 1 unspecified atom stereocenters. The molecule has 0 aromatic heterocycles. The number of fused-ring (bicyclic) bond motifs is 1. The van der Waals surface area contributed by atoms with Gasteiger partial charge in [0.25, 0.3) is 0 Å². The Morgan fingerprint density at radius 1 is 1.24 bits per heavy atom. The predicted octanol–water partition coefficient (Wildman–Crippen LogP) is 4.38. The molecular formula is C19H25ClF3N3O3. The Morgan fingerprint density at radius 3 is 2.55 bits per heavy atom. The van der Waals surface area contributed by atoms with E-state index in [1.54, 1.807) is 32.9 Å². The van der Waals surface area contributed by atoms with Crippen LogP contribution in [0.3, 0.4) is 0 Å². The van der Waals surface area contributed by atoms with Gasteiger partial charge in [-0.3, -0.25) is 4.79 Å². The summed E-state index contributed by atoms with van der Waals surface area (Å²) in [5.74, 6) is -2.87. The zero-order chi connectivity index (χ0) is 21.8. The van der Waals surface area contributed by atoms with Gasteiger partial charge in [-0.1, -0.05) is 11.6 Å². The number of anilines is 2. The van der Waals surface area contributed by atoms with Gasteiger partial charge in [0.15, 0.2) is 0 Å². The molecule has 1 heterocycles. The fourth-order valence-corrected chi connectivity index (χ4v) is 3.25. The summed E-state index contributed by atoms with van der Waals surface area (Å²) in [5, 5.41) is 9.05. The zero-order valence-corrected chi connectivity index (χ0v) is 17.3. The second-order valence-corrected chi connectivity index (χ2v) is 8.19. The molecule has 1 aliphatic heterocycles. The van der Waals surface area contributed by atoms with E-state index in [0.29, 0.717) is 28.5 Å². The molecule has 1 aromatic carbocycles. The van der Waals surface area contributed by atoms with Gasteiger partial charge in [-0.25, -0.2) is 4.79 Å². The van der Waals surface area contributed by atoms with Crippen molar-refractivity contribution < 1.29 is 27.5 Å². The fraction of sp³-hybridized carbons (Fsp3) is 0.579. The Kier molecular flexibility index (Phi) is 7.26. The van der Waals surface area contributed by atoms with Gasteiger partial charge in [0, 0.05) is 31.2 Å². The molecule has 3 N–H and O–H groups in total. The zero-order valence-electron chi connectivity index (χ0n) is 16.5. The van der Waals surface area contributed by atoms with E-state index >= 15 is 0 Å². The number of hydrogen-bond donors (Lipinski definition) is 3. The van der Waals surface area contributed by atoms with Crippen molar-refractivity contribution in [2.45, 2.75) is 45.4 Å². The number of carbonyl (C=O) groups excluding carboxylic acids is 2. The highest BCUT2D eigenvalue weighted by atomic mass is 35.5. The number of Topliss-reactive ketones (excluding diaryl/α,β-unsaturated/α-hetero) is 1. The largest absolute Gasteiger partial charge is 0.450 e. The van der Waals surface area contributed by atoms with E-state index in [0.717, 1.165) is 0 Å². The Hall–Kier alpha value is -2.16. The highest BCUT2D eigenvalue weighted by Crippen LogP contribution is 2.36. The minimum atomic E-state index is -4.85. The van der Waals surface area contributed by atoms with Crippen molar-refractivity contribution in [3.05, 3.63) is 22.7 Å². The number of benzene rings is 1. The highest BCUT2D eigenvalue weighted by Gasteiger charge is 2.43. The van der Waals surface area contributed by atoms with Crippen LogP contribution >= 0.6 is 11.6 Å². The lowest BCUT2D eigenvalue weighted by Gasteiger charge is -2.20. The van der Waals surface area contributed by atoms with Crippen LogP contribution in [-0.2, 0) is 16.0 Å². The van der Waals surface area contributed by atoms with E-state index in [2.05, 4.69) is 16.0 Å². The maximum atomic E-state index is 12.8. The molecule has 162 valence electrons. The summed E-state index contributed by atoms with van der Waals surface area (Å²) in [6.45, 7) is 5.78. The molecule has 0 radical (unpaired) electrons. The van der Waals surface area contributed by atoms with Crippen LogP contribution in [0.25, 0.3) is 0 Å². The number of alkyl carbamates (subject to hydrolysis) is 1. The van der Waals surface area contributed by atoms with Gasteiger partial charge < -0.3 is 20.7 Å². The monoisotopic (exact) mass is 435 g/mol. The van der Waals surface area contributed by atoms with Gasteiger partial charge in [0.05, 0.1) is 10.7 Å². The van der Waals surface area contributed by atoms with Crippen molar-refractivity contribution in [1.82, 2.24) is 5.32 Å². The number of ether oxygens (including phenoxy) is 1. The number of alkyl halides is 3. The average Bonchev–Trinajstić information content (AvgIpc) is 2.79. The minimum absolute atomic E-state index is 0.0591. The molecule has 1 amide bonds. The van der Waals surface area contributed by atoms with E-state index in [1.807, 2.05) is 0 Å². The summed E-state index contributed by atoms with van der Waals surface area (Å²) in [5.41, 5.74) is 1.32. The molecule has 10 heteroatoms. The third kappa shape index (κ3) is 6.69. The van der Waals surface area contributed by atoms with Crippen molar-refractivity contribution in [1.29, 1.82) is 0 Å². The Bertz CT molecular complexity index is 764. The van der Waals surface area contributed by atoms with E-state index in [9.17, 15) is 22.8 Å². The Labute approximate surface area is 172 Å². The number of halogens is 4. The number of nitrogens with one attached hydrogen (secondary N) is 3. The van der Waals surface area contributed by atoms with Gasteiger partial charge in [0.2, 0.25) is 5.78 Å². The average molecular weight is 436 g/mol. The predicted molar refractivity (Wildman–Crippen MR) is 106 cm³/mol. The van der Waals surface area contributed by atoms with Crippen LogP contribution in [0.15, 0.2) is 12.1 Å². The summed E-state index contributed by atoms with van der Waals surface area (Å²) in [6.07, 6.45) is -5.08. The SMILES string of the molecule is CC(C)(C)OC(=O)NCCNc1c(Cl)ccc2c1CCC(C(=O)C(F)(F)F)CN2. The molecule has 0 saturated heterocycles. The molecule has 29 heavy (non-hydrogen) atoms. The van der Waals surface area contributed by atoms with Crippen LogP contribution in [0, 0.1) is 5.92 Å². The molecule has 6 nitrogen and oxygen atoms in total. The molecule has 1 atom stereocenters. The normalized spacial score (nSPS) is 16.9. The lowest BCUT2D eigenvalue weighted by Crippen LogP contribution is -2.35. The molecule has 1 aromatic rings. The smallest absolute Gasteiger partial charge is 0.444 e. The van der Waals surface area contributed by atoms with E-state index in [-0.39, 0.29) is 25.9 Å². The third-order valence-electron chi connectivity index (χ3n) is 4.29. The van der Waals surface area contributed by atoms with Gasteiger partial charge in [-0.2, -0.15) is 13.2 Å². The summed E-state index contributed by atoms with van der Waals surface area (Å²) >= 11 is 6.27. The van der Waals surface area contributed by atoms with E-state index in [4.69, 9.17) is 16.3 Å². The molecule has 0 fully saturated rings. The van der Waals surface area contributed by atoms with Gasteiger partial charge in [-0.15, -0.1) is 0 Å². The van der Waals surface area contributed by atoms with Crippen LogP contribution in [0.2, 0.25) is 5.02 Å². The second kappa shape index (κ2) is 9.11. The molecular weight excluding hydrogens is 411 g/mol. The van der Waals surface area contributed by atoms with E-state index < -0.39 is 29.6 Å². The first kappa shape index (κ1) is 23.1. The first-order valence-electron chi connectivity index (χ1n) is 9.25. The quantitative estimate of drug-likeness (QED) is 0.598. The molecule has 0 spiro atoms. The van der Waals surface area contributed by atoms with Gasteiger partial charge >= 0.3 is 12.3 Å². The fourth-order valence-electron chi connectivity index (χ4n) is 3.01. The second-order valence-electron chi connectivity index (χ2n) is 7.78. The number of hydrogen-bond acceptors (Lipinski definition) is 5. The molecule has 1 aliphatic rings. The van der Waals surface area contributed by atoms with Crippen LogP contribution in [0.1, 0.15) is 32.8 Å². The molecule has 2 rings (SSSR count). The Morgan fingerprint density at radius 2 is 1.93 bits per heavy atom. The van der Waals surface area contributed by atoms with Crippen molar-refractivity contribution in [3.8, 4) is 0 Å². The van der Waals surface area contributed by atoms with Crippen molar-refractivity contribution in [3.63, 3.8) is 0 Å². The lowest BCUT2D eigenvalue weighted by molar-refractivity contribution is -0.175. The maximum absolute atomic E-state index is 12.8.